The molecule has 0 amide bonds. The fourth-order valence-corrected chi connectivity index (χ4v) is 2.60. The predicted molar refractivity (Wildman–Crippen MR) is 95.8 cm³/mol. The van der Waals surface area contributed by atoms with E-state index in [1.54, 1.807) is 24.3 Å². The molecule has 1 heterocycles. The molecule has 146 valence electrons. The van der Waals surface area contributed by atoms with Gasteiger partial charge in [-0.1, -0.05) is 36.4 Å². The Balaban J connectivity index is 1.89. The van der Waals surface area contributed by atoms with Crippen molar-refractivity contribution in [3.05, 3.63) is 72.1 Å². The van der Waals surface area contributed by atoms with Gasteiger partial charge in [0, 0.05) is 11.8 Å². The summed E-state index contributed by atoms with van der Waals surface area (Å²) in [5.41, 5.74) is 0.500. The molecule has 0 radical (unpaired) electrons. The van der Waals surface area contributed by atoms with Crippen molar-refractivity contribution in [2.75, 3.05) is 0 Å². The van der Waals surface area contributed by atoms with Crippen molar-refractivity contribution < 1.29 is 27.8 Å². The Morgan fingerprint density at radius 1 is 1.18 bits per heavy atom. The van der Waals surface area contributed by atoms with Gasteiger partial charge < -0.3 is 9.84 Å². The molecule has 5 nitrogen and oxygen atoms in total. The van der Waals surface area contributed by atoms with Gasteiger partial charge in [-0.25, -0.2) is 4.79 Å². The van der Waals surface area contributed by atoms with Crippen LogP contribution >= 0.6 is 0 Å². The number of aromatic nitrogens is 2. The van der Waals surface area contributed by atoms with Crippen LogP contribution in [-0.4, -0.2) is 20.9 Å². The van der Waals surface area contributed by atoms with Gasteiger partial charge in [-0.05, 0) is 30.2 Å². The predicted octanol–water partition coefficient (Wildman–Crippen LogP) is 4.79. The number of carboxylic acids is 1. The molecule has 0 fully saturated rings. The number of carbonyl (C=O) groups is 1. The largest absolute Gasteiger partial charge is 0.488 e. The Morgan fingerprint density at radius 3 is 2.54 bits per heavy atom. The van der Waals surface area contributed by atoms with Crippen molar-refractivity contribution in [1.29, 1.82) is 0 Å². The molecule has 3 rings (SSSR count). The van der Waals surface area contributed by atoms with Crippen LogP contribution in [0.2, 0.25) is 0 Å². The van der Waals surface area contributed by atoms with E-state index in [-0.39, 0.29) is 17.9 Å². The third-order valence-electron chi connectivity index (χ3n) is 4.21. The van der Waals surface area contributed by atoms with Gasteiger partial charge in [0.15, 0.2) is 0 Å². The Kier molecular flexibility index (Phi) is 5.39. The first-order valence-electron chi connectivity index (χ1n) is 8.41. The first-order valence-corrected chi connectivity index (χ1v) is 8.41. The highest BCUT2D eigenvalue weighted by molar-refractivity contribution is 5.72. The fraction of sp³-hybridized carbons (Fsp3) is 0.200. The molecule has 1 atom stereocenters. The van der Waals surface area contributed by atoms with E-state index in [4.69, 9.17) is 9.84 Å². The van der Waals surface area contributed by atoms with Crippen molar-refractivity contribution in [3.63, 3.8) is 0 Å². The van der Waals surface area contributed by atoms with E-state index >= 15 is 0 Å². The van der Waals surface area contributed by atoms with E-state index in [0.29, 0.717) is 5.56 Å². The Hall–Kier alpha value is -3.29. The zero-order valence-electron chi connectivity index (χ0n) is 14.8. The number of rotatable bonds is 6. The zero-order chi connectivity index (χ0) is 20.3. The van der Waals surface area contributed by atoms with Crippen LogP contribution in [0.25, 0.3) is 11.1 Å². The Morgan fingerprint density at radius 2 is 1.89 bits per heavy atom. The average molecular weight is 390 g/mol. The number of benzene rings is 2. The molecule has 0 saturated carbocycles. The summed E-state index contributed by atoms with van der Waals surface area (Å²) in [7, 11) is 0. The van der Waals surface area contributed by atoms with E-state index in [9.17, 15) is 18.0 Å². The van der Waals surface area contributed by atoms with Crippen LogP contribution in [0.3, 0.4) is 0 Å². The van der Waals surface area contributed by atoms with Gasteiger partial charge in [0.1, 0.15) is 18.4 Å². The van der Waals surface area contributed by atoms with Gasteiger partial charge >= 0.3 is 12.1 Å². The second-order valence-electron chi connectivity index (χ2n) is 6.21. The number of hydrogen-bond acceptors (Lipinski definition) is 3. The van der Waals surface area contributed by atoms with Crippen LogP contribution in [0, 0.1) is 0 Å². The quantitative estimate of drug-likeness (QED) is 0.657. The monoisotopic (exact) mass is 390 g/mol. The summed E-state index contributed by atoms with van der Waals surface area (Å²) in [6.07, 6.45) is -1.87. The number of aliphatic carboxylic acids is 1. The maximum Gasteiger partial charge on any atom is 0.419 e. The molecule has 0 aliphatic carbocycles. The molecular weight excluding hydrogens is 373 g/mol. The van der Waals surface area contributed by atoms with Crippen molar-refractivity contribution in [2.45, 2.75) is 25.7 Å². The summed E-state index contributed by atoms with van der Waals surface area (Å²) < 4.78 is 47.2. The van der Waals surface area contributed by atoms with E-state index < -0.39 is 23.8 Å². The molecule has 1 unspecified atom stereocenters. The molecule has 0 bridgehead atoms. The topological polar surface area (TPSA) is 64.3 Å². The first-order chi connectivity index (χ1) is 13.3. The van der Waals surface area contributed by atoms with Crippen LogP contribution < -0.4 is 4.74 Å². The second-order valence-corrected chi connectivity index (χ2v) is 6.21. The van der Waals surface area contributed by atoms with Gasteiger partial charge in [0.05, 0.1) is 11.8 Å². The molecule has 1 aromatic heterocycles. The fourth-order valence-electron chi connectivity index (χ4n) is 2.60. The highest BCUT2D eigenvalue weighted by Crippen LogP contribution is 2.39. The molecule has 0 aliphatic heterocycles. The number of ether oxygens (including phenoxy) is 1. The lowest BCUT2D eigenvalue weighted by atomic mass is 10.0. The van der Waals surface area contributed by atoms with Crippen LogP contribution in [-0.2, 0) is 17.6 Å². The molecule has 2 aromatic carbocycles. The van der Waals surface area contributed by atoms with Gasteiger partial charge in [-0.3, -0.25) is 4.68 Å². The normalized spacial score (nSPS) is 12.6. The SMILES string of the molecule is CC(C(=O)O)n1cc(-c2ccc(OCc3ccccc3)c(C(F)(F)F)c2)cn1. The number of nitrogens with zero attached hydrogens (tertiary/aromatic N) is 2. The molecule has 3 aromatic rings. The van der Waals surface area contributed by atoms with Gasteiger partial charge in [-0.2, -0.15) is 18.3 Å². The maximum atomic E-state index is 13.5. The molecule has 0 spiro atoms. The number of carboxylic acid groups (broad SMARTS) is 1. The number of hydrogen-bond donors (Lipinski definition) is 1. The average Bonchev–Trinajstić information content (AvgIpc) is 3.15. The van der Waals surface area contributed by atoms with Crippen LogP contribution in [0.1, 0.15) is 24.1 Å². The van der Waals surface area contributed by atoms with Crippen molar-refractivity contribution >= 4 is 5.97 Å². The summed E-state index contributed by atoms with van der Waals surface area (Å²) >= 11 is 0. The van der Waals surface area contributed by atoms with E-state index in [2.05, 4.69) is 5.10 Å². The lowest BCUT2D eigenvalue weighted by Crippen LogP contribution is -2.15. The third-order valence-corrected chi connectivity index (χ3v) is 4.21. The summed E-state index contributed by atoms with van der Waals surface area (Å²) in [5.74, 6) is -1.36. The highest BCUT2D eigenvalue weighted by Gasteiger charge is 2.35. The highest BCUT2D eigenvalue weighted by atomic mass is 19.4. The molecule has 1 N–H and O–H groups in total. The molecule has 28 heavy (non-hydrogen) atoms. The summed E-state index contributed by atoms with van der Waals surface area (Å²) in [6.45, 7) is 1.44. The summed E-state index contributed by atoms with van der Waals surface area (Å²) in [5, 5.41) is 13.0. The number of alkyl halides is 3. The van der Waals surface area contributed by atoms with Gasteiger partial charge in [0.25, 0.3) is 0 Å². The number of halogens is 3. The first kappa shape index (κ1) is 19.5. The minimum atomic E-state index is -4.60. The third kappa shape index (κ3) is 4.33. The standard InChI is InChI=1S/C20H17F3N2O3/c1-13(19(26)27)25-11-16(10-24-25)15-7-8-18(17(9-15)20(21,22)23)28-12-14-5-3-2-4-6-14/h2-11,13H,12H2,1H3,(H,26,27). The Labute approximate surface area is 159 Å². The van der Waals surface area contributed by atoms with Gasteiger partial charge in [0.2, 0.25) is 0 Å². The Bertz CT molecular complexity index is 968. The molecule has 8 heteroatoms. The van der Waals surface area contributed by atoms with Crippen LogP contribution in [0.15, 0.2) is 60.9 Å². The van der Waals surface area contributed by atoms with E-state index in [1.165, 1.54) is 36.1 Å². The molecule has 0 aliphatic rings. The maximum absolute atomic E-state index is 13.5. The second kappa shape index (κ2) is 7.75. The lowest BCUT2D eigenvalue weighted by Gasteiger charge is -2.15. The molecule has 0 saturated heterocycles. The smallest absolute Gasteiger partial charge is 0.419 e. The summed E-state index contributed by atoms with van der Waals surface area (Å²) in [6, 6.07) is 11.7. The zero-order valence-corrected chi connectivity index (χ0v) is 14.8. The van der Waals surface area contributed by atoms with Crippen molar-refractivity contribution in [3.8, 4) is 16.9 Å². The van der Waals surface area contributed by atoms with E-state index in [0.717, 1.165) is 11.6 Å². The lowest BCUT2D eigenvalue weighted by molar-refractivity contribution is -0.141. The minimum absolute atomic E-state index is 0.0112. The molecular formula is C20H17F3N2O3. The minimum Gasteiger partial charge on any atom is -0.488 e. The van der Waals surface area contributed by atoms with Crippen molar-refractivity contribution in [1.82, 2.24) is 9.78 Å². The van der Waals surface area contributed by atoms with Crippen LogP contribution in [0.4, 0.5) is 13.2 Å². The van der Waals surface area contributed by atoms with Crippen molar-refractivity contribution in [2.24, 2.45) is 0 Å². The van der Waals surface area contributed by atoms with E-state index in [1.807, 2.05) is 6.07 Å². The van der Waals surface area contributed by atoms with Gasteiger partial charge in [-0.15, -0.1) is 0 Å². The summed E-state index contributed by atoms with van der Waals surface area (Å²) in [4.78, 5) is 11.0. The van der Waals surface area contributed by atoms with Crippen LogP contribution in [0.5, 0.6) is 5.75 Å².